The maximum Gasteiger partial charge on any atom is 0.270 e. The molecule has 0 bridgehead atoms. The quantitative estimate of drug-likeness (QED) is 0.722. The molecule has 3 aromatic rings. The molecule has 0 aliphatic carbocycles. The van der Waals surface area contributed by atoms with E-state index in [0.717, 1.165) is 28.6 Å². The van der Waals surface area contributed by atoms with Crippen molar-refractivity contribution in [2.75, 3.05) is 13.1 Å². The molecule has 3 heterocycles. The molecule has 6 heteroatoms. The normalized spacial score (nSPS) is 10.7. The molecule has 2 N–H and O–H groups in total. The number of hydrogen-bond donors (Lipinski definition) is 2. The predicted molar refractivity (Wildman–Crippen MR) is 96.5 cm³/mol. The van der Waals surface area contributed by atoms with Gasteiger partial charge < -0.3 is 14.9 Å². The van der Waals surface area contributed by atoms with Crippen LogP contribution in [0.3, 0.4) is 0 Å². The largest absolute Gasteiger partial charge is 0.357 e. The van der Waals surface area contributed by atoms with Gasteiger partial charge in [0.2, 0.25) is 0 Å². The smallest absolute Gasteiger partial charge is 0.270 e. The number of rotatable bonds is 6. The van der Waals surface area contributed by atoms with E-state index >= 15 is 0 Å². The van der Waals surface area contributed by atoms with Gasteiger partial charge in [-0.1, -0.05) is 6.92 Å². The summed E-state index contributed by atoms with van der Waals surface area (Å²) in [6.07, 6.45) is 6.64. The number of fused-ring (bicyclic) bond motifs is 1. The Morgan fingerprint density at radius 2 is 2.25 bits per heavy atom. The van der Waals surface area contributed by atoms with Crippen molar-refractivity contribution in [3.63, 3.8) is 0 Å². The number of H-pyrrole nitrogens is 2. The third-order valence-electron chi connectivity index (χ3n) is 3.96. The van der Waals surface area contributed by atoms with Gasteiger partial charge in [0.15, 0.2) is 0 Å². The number of hydrogen-bond acceptors (Lipinski definition) is 3. The lowest BCUT2D eigenvalue weighted by atomic mass is 10.1. The molecular weight excluding hydrogens is 302 g/mol. The van der Waals surface area contributed by atoms with Crippen molar-refractivity contribution in [3.8, 4) is 17.2 Å². The third-order valence-corrected chi connectivity index (χ3v) is 3.96. The first-order valence-corrected chi connectivity index (χ1v) is 8.01. The lowest BCUT2D eigenvalue weighted by Gasteiger charge is -2.19. The number of amides is 1. The van der Waals surface area contributed by atoms with Crippen LogP contribution in [0.4, 0.5) is 0 Å². The molecule has 0 saturated carbocycles. The first-order chi connectivity index (χ1) is 11.7. The van der Waals surface area contributed by atoms with Crippen molar-refractivity contribution in [1.29, 1.82) is 5.26 Å². The fraction of sp³-hybridized carbons (Fsp3) is 0.278. The first-order valence-electron chi connectivity index (χ1n) is 8.01. The van der Waals surface area contributed by atoms with E-state index in [0.29, 0.717) is 25.2 Å². The number of carbonyl (C=O) groups is 1. The van der Waals surface area contributed by atoms with Gasteiger partial charge in [0.05, 0.1) is 12.5 Å². The monoisotopic (exact) mass is 325 g/mol. The van der Waals surface area contributed by atoms with Crippen molar-refractivity contribution >= 4 is 16.9 Å². The zero-order chi connectivity index (χ0) is 16.9. The van der Waals surface area contributed by atoms with Gasteiger partial charge in [0.25, 0.3) is 5.91 Å². The summed E-state index contributed by atoms with van der Waals surface area (Å²) < 4.78 is 0. The Bertz CT molecular complexity index is 896. The van der Waals surface area contributed by atoms with Crippen LogP contribution in [0.25, 0.3) is 22.2 Å². The first kappa shape index (κ1) is 15.8. The topological polar surface area (TPSA) is 88.6 Å². The van der Waals surface area contributed by atoms with Crippen molar-refractivity contribution < 1.29 is 7.65 Å². The Kier molecular flexibility index (Phi) is 4.62. The van der Waals surface area contributed by atoms with E-state index in [-0.39, 0.29) is 8.76 Å². The van der Waals surface area contributed by atoms with Gasteiger partial charge in [-0.25, -0.2) is 4.98 Å². The van der Waals surface area contributed by atoms with Crippen LogP contribution in [0.2, 0.25) is 0 Å². The molecule has 0 saturated heterocycles. The molecule has 3 aromatic heterocycles. The Morgan fingerprint density at radius 3 is 3.04 bits per heavy atom. The highest BCUT2D eigenvalue weighted by Gasteiger charge is 2.17. The zero-order valence-corrected chi connectivity index (χ0v) is 13.5. The van der Waals surface area contributed by atoms with Gasteiger partial charge in [-0.15, -0.1) is 0 Å². The van der Waals surface area contributed by atoms with Crippen LogP contribution in [0.1, 0.15) is 33.1 Å². The van der Waals surface area contributed by atoms with Gasteiger partial charge in [-0.2, -0.15) is 5.26 Å². The number of nitrogens with zero attached hydrogens (tertiary/aromatic N) is 3. The molecule has 0 unspecified atom stereocenters. The van der Waals surface area contributed by atoms with Crippen LogP contribution in [-0.4, -0.2) is 38.8 Å². The highest BCUT2D eigenvalue weighted by Crippen LogP contribution is 2.27. The van der Waals surface area contributed by atoms with E-state index < -0.39 is 0 Å². The molecular formula is C18H23N5O. The number of nitriles is 1. The summed E-state index contributed by atoms with van der Waals surface area (Å²) in [5, 5.41) is 9.78. The predicted octanol–water partition coefficient (Wildman–Crippen LogP) is 3.82. The van der Waals surface area contributed by atoms with Crippen LogP contribution in [-0.2, 0) is 0 Å². The number of aromatic nitrogens is 3. The molecule has 0 aliphatic heterocycles. The van der Waals surface area contributed by atoms with E-state index in [1.807, 2.05) is 37.5 Å². The standard InChI is InChI=1S/C18H19N5O.2H2/c1-2-9-23(10-3-6-19)18(24)16-11-13(12-22-16)14-4-7-20-17-15(14)5-8-21-17;;/h4-5,7-8,11-12,22H,2-3,9-10H2,1H3,(H,20,21);2*1H. The molecule has 126 valence electrons. The summed E-state index contributed by atoms with van der Waals surface area (Å²) in [5.41, 5.74) is 3.33. The Labute approximate surface area is 143 Å². The maximum absolute atomic E-state index is 12.7. The van der Waals surface area contributed by atoms with Crippen molar-refractivity contribution in [1.82, 2.24) is 19.9 Å². The zero-order valence-electron chi connectivity index (χ0n) is 13.5. The van der Waals surface area contributed by atoms with Crippen LogP contribution in [0.5, 0.6) is 0 Å². The molecule has 3 rings (SSSR count). The van der Waals surface area contributed by atoms with Gasteiger partial charge in [0, 0.05) is 45.5 Å². The molecule has 0 radical (unpaired) electrons. The molecule has 0 aromatic carbocycles. The minimum Gasteiger partial charge on any atom is -0.357 e. The highest BCUT2D eigenvalue weighted by molar-refractivity contribution is 5.97. The molecule has 0 spiro atoms. The van der Waals surface area contributed by atoms with E-state index in [2.05, 4.69) is 21.0 Å². The number of nitrogens with one attached hydrogen (secondary N) is 2. The lowest BCUT2D eigenvalue weighted by molar-refractivity contribution is 0.0754. The van der Waals surface area contributed by atoms with E-state index in [4.69, 9.17) is 5.26 Å². The van der Waals surface area contributed by atoms with Crippen LogP contribution < -0.4 is 0 Å². The third kappa shape index (κ3) is 3.01. The van der Waals surface area contributed by atoms with E-state index in [1.165, 1.54) is 0 Å². The lowest BCUT2D eigenvalue weighted by Crippen LogP contribution is -2.32. The van der Waals surface area contributed by atoms with E-state index in [9.17, 15) is 4.79 Å². The molecule has 0 atom stereocenters. The van der Waals surface area contributed by atoms with Gasteiger partial charge >= 0.3 is 0 Å². The summed E-state index contributed by atoms with van der Waals surface area (Å²) in [5.74, 6) is -0.0716. The van der Waals surface area contributed by atoms with Crippen LogP contribution in [0, 0.1) is 11.3 Å². The van der Waals surface area contributed by atoms with Gasteiger partial charge in [-0.3, -0.25) is 4.79 Å². The van der Waals surface area contributed by atoms with E-state index in [1.54, 1.807) is 11.1 Å². The molecule has 6 nitrogen and oxygen atoms in total. The van der Waals surface area contributed by atoms with Gasteiger partial charge in [0.1, 0.15) is 11.3 Å². The van der Waals surface area contributed by atoms with Gasteiger partial charge in [-0.05, 0) is 30.2 Å². The second-order valence-corrected chi connectivity index (χ2v) is 5.60. The number of aromatic amines is 2. The number of pyridine rings is 1. The average Bonchev–Trinajstić information content (AvgIpc) is 3.26. The average molecular weight is 325 g/mol. The summed E-state index contributed by atoms with van der Waals surface area (Å²) in [7, 11) is 0. The Morgan fingerprint density at radius 1 is 1.38 bits per heavy atom. The van der Waals surface area contributed by atoms with Crippen LogP contribution in [0.15, 0.2) is 36.8 Å². The van der Waals surface area contributed by atoms with Crippen molar-refractivity contribution in [3.05, 3.63) is 42.5 Å². The Balaban J connectivity index is 0.00000169. The maximum atomic E-state index is 12.7. The highest BCUT2D eigenvalue weighted by atomic mass is 16.2. The summed E-state index contributed by atoms with van der Waals surface area (Å²) in [4.78, 5) is 24.8. The fourth-order valence-corrected chi connectivity index (χ4v) is 2.83. The molecule has 24 heavy (non-hydrogen) atoms. The Hall–Kier alpha value is -3.07. The van der Waals surface area contributed by atoms with Crippen molar-refractivity contribution in [2.24, 2.45) is 0 Å². The summed E-state index contributed by atoms with van der Waals surface area (Å²) >= 11 is 0. The SMILES string of the molecule is CCCN(CCC#N)C(=O)c1cc(-c2ccnc3[nH]ccc23)c[nH]1.[HH].[HH]. The minimum absolute atomic E-state index is 0. The van der Waals surface area contributed by atoms with Crippen molar-refractivity contribution in [2.45, 2.75) is 19.8 Å². The molecule has 1 amide bonds. The molecule has 0 fully saturated rings. The summed E-state index contributed by atoms with van der Waals surface area (Å²) in [6, 6.07) is 7.87. The summed E-state index contributed by atoms with van der Waals surface area (Å²) in [6.45, 7) is 3.12. The fourth-order valence-electron chi connectivity index (χ4n) is 2.83. The van der Waals surface area contributed by atoms with Crippen LogP contribution >= 0.6 is 0 Å². The second kappa shape index (κ2) is 7.01. The minimum atomic E-state index is -0.0716. The second-order valence-electron chi connectivity index (χ2n) is 5.60. The molecule has 0 aliphatic rings. The number of carbonyl (C=O) groups excluding carboxylic acids is 1.